The van der Waals surface area contributed by atoms with Gasteiger partial charge in [0.1, 0.15) is 17.1 Å². The number of carboxylic acid groups (broad SMARTS) is 1. The smallest absolute Gasteiger partial charge is 0.323 e. The van der Waals surface area contributed by atoms with Gasteiger partial charge >= 0.3 is 5.97 Å². The number of allylic oxidation sites excluding steroid dienone is 7. The van der Waals surface area contributed by atoms with Gasteiger partial charge in [-0.1, -0.05) is 35.1 Å². The summed E-state index contributed by atoms with van der Waals surface area (Å²) in [6.45, 7) is 0.553. The molecule has 1 unspecified atom stereocenters. The zero-order valence-corrected chi connectivity index (χ0v) is 29.7. The number of amides is 1. The highest BCUT2D eigenvalue weighted by molar-refractivity contribution is 8.76. The summed E-state index contributed by atoms with van der Waals surface area (Å²) in [6, 6.07) is 5.81. The van der Waals surface area contributed by atoms with Crippen LogP contribution in [0.1, 0.15) is 31.2 Å². The predicted molar refractivity (Wildman–Crippen MR) is 196 cm³/mol. The molecule has 0 radical (unpaired) electrons. The first kappa shape index (κ1) is 39.5. The van der Waals surface area contributed by atoms with E-state index in [2.05, 4.69) is 25.7 Å². The van der Waals surface area contributed by atoms with E-state index in [1.54, 1.807) is 39.9 Å². The number of aromatic hydroxyl groups is 1. The van der Waals surface area contributed by atoms with Crippen molar-refractivity contribution in [3.8, 4) is 5.88 Å². The van der Waals surface area contributed by atoms with E-state index in [0.29, 0.717) is 13.0 Å². The van der Waals surface area contributed by atoms with Crippen LogP contribution in [0.3, 0.4) is 0 Å². The second kappa shape index (κ2) is 21.9. The third-order valence-electron chi connectivity index (χ3n) is 6.60. The van der Waals surface area contributed by atoms with Crippen molar-refractivity contribution in [2.75, 3.05) is 25.4 Å². The lowest BCUT2D eigenvalue weighted by atomic mass is 10.2. The topological polar surface area (TPSA) is 179 Å². The molecule has 0 aliphatic carbocycles. The summed E-state index contributed by atoms with van der Waals surface area (Å²) in [5.74, 6) is -0.937. The molecule has 2 aromatic rings. The SMILES string of the molecule is O=C(O)Cn1c(O)c(C=C=CC=CC=C2C=CN(CCCCNC(=O)CCCSSc3ccccn3)C=C2)c(=O)n(CCNS(=O)O)c1=S. The second-order valence-electron chi connectivity index (χ2n) is 10.2. The molecular weight excluding hydrogens is 709 g/mol. The average molecular weight is 747 g/mol. The van der Waals surface area contributed by atoms with Crippen LogP contribution in [0, 0.1) is 4.77 Å². The molecule has 17 heteroatoms. The number of hydrogen-bond acceptors (Lipinski definition) is 10. The lowest BCUT2D eigenvalue weighted by Crippen LogP contribution is -2.32. The quantitative estimate of drug-likeness (QED) is 0.0323. The maximum absolute atomic E-state index is 12.9. The van der Waals surface area contributed by atoms with Crippen molar-refractivity contribution in [1.29, 1.82) is 0 Å². The molecular formula is C32H38N6O7S4. The number of hydrogen-bond donors (Lipinski definition) is 5. The van der Waals surface area contributed by atoms with Crippen molar-refractivity contribution < 1.29 is 28.6 Å². The van der Waals surface area contributed by atoms with Gasteiger partial charge in [-0.15, -0.1) is 5.73 Å². The van der Waals surface area contributed by atoms with Crippen molar-refractivity contribution in [1.82, 2.24) is 29.1 Å². The summed E-state index contributed by atoms with van der Waals surface area (Å²) < 4.78 is 23.7. The fourth-order valence-corrected chi connectivity index (χ4v) is 6.78. The summed E-state index contributed by atoms with van der Waals surface area (Å²) in [7, 11) is 3.33. The van der Waals surface area contributed by atoms with Gasteiger partial charge in [0.25, 0.3) is 5.56 Å². The van der Waals surface area contributed by atoms with Crippen LogP contribution in [0.4, 0.5) is 0 Å². The van der Waals surface area contributed by atoms with E-state index >= 15 is 0 Å². The van der Waals surface area contributed by atoms with Crippen LogP contribution in [-0.2, 0) is 33.9 Å². The summed E-state index contributed by atoms with van der Waals surface area (Å²) in [6.07, 6.45) is 20.9. The molecule has 0 bridgehead atoms. The van der Waals surface area contributed by atoms with Crippen molar-refractivity contribution in [2.24, 2.45) is 0 Å². The Hall–Kier alpha value is -3.96. The van der Waals surface area contributed by atoms with E-state index in [9.17, 15) is 28.8 Å². The molecule has 0 saturated heterocycles. The standard InChI is InChI=1S/C32H38N6O7S4/c39-27(12-9-23-47-48-28-13-5-6-17-34-28)33-16-7-8-19-36-20-14-25(15-21-36)10-3-1-2-4-11-26-30(42)37(22-18-35-49(44)45)32(46)38(31(26)43)24-29(40)41/h1-3,5-6,10-11,13-15,17,20-21,35,43H,7-9,12,16,18-19,22-24H2,(H,33,39)(H,40,41)(H,44,45). The number of aliphatic carboxylic acids is 1. The normalized spacial score (nSPS) is 12.9. The van der Waals surface area contributed by atoms with Crippen LogP contribution >= 0.6 is 33.8 Å². The Morgan fingerprint density at radius 2 is 1.88 bits per heavy atom. The third-order valence-corrected chi connectivity index (χ3v) is 9.85. The first-order chi connectivity index (χ1) is 23.7. The largest absolute Gasteiger partial charge is 0.494 e. The molecule has 1 aliphatic rings. The Morgan fingerprint density at radius 1 is 1.08 bits per heavy atom. The fraction of sp³-hybridized carbons (Fsp3) is 0.312. The monoisotopic (exact) mass is 746 g/mol. The number of nitrogens with zero attached hydrogens (tertiary/aromatic N) is 4. The zero-order chi connectivity index (χ0) is 35.4. The summed E-state index contributed by atoms with van der Waals surface area (Å²) in [5.41, 5.74) is 2.80. The van der Waals surface area contributed by atoms with E-state index in [-0.39, 0.29) is 29.3 Å². The van der Waals surface area contributed by atoms with E-state index < -0.39 is 35.2 Å². The molecule has 1 amide bonds. The van der Waals surface area contributed by atoms with Crippen LogP contribution in [0.15, 0.2) is 94.4 Å². The van der Waals surface area contributed by atoms with Gasteiger partial charge in [-0.25, -0.2) is 13.9 Å². The molecule has 13 nitrogen and oxygen atoms in total. The van der Waals surface area contributed by atoms with Crippen LogP contribution in [0.2, 0.25) is 0 Å². The lowest BCUT2D eigenvalue weighted by Gasteiger charge is -2.18. The Bertz CT molecular complexity index is 1750. The molecule has 2 aromatic heterocycles. The van der Waals surface area contributed by atoms with Gasteiger partial charge in [0, 0.05) is 56.9 Å². The van der Waals surface area contributed by atoms with Gasteiger partial charge in [-0.05, 0) is 84.3 Å². The molecule has 0 saturated carbocycles. The van der Waals surface area contributed by atoms with E-state index in [1.807, 2.05) is 48.8 Å². The van der Waals surface area contributed by atoms with Crippen LogP contribution in [0.5, 0.6) is 5.88 Å². The first-order valence-corrected chi connectivity index (χ1v) is 19.0. The van der Waals surface area contributed by atoms with E-state index in [0.717, 1.165) is 51.3 Å². The Kier molecular flexibility index (Phi) is 17.6. The maximum Gasteiger partial charge on any atom is 0.323 e. The number of nitrogens with one attached hydrogen (secondary N) is 2. The highest BCUT2D eigenvalue weighted by Gasteiger charge is 2.17. The zero-order valence-electron chi connectivity index (χ0n) is 26.5. The molecule has 0 spiro atoms. The molecule has 3 rings (SSSR count). The number of rotatable bonds is 20. The molecule has 1 aliphatic heterocycles. The van der Waals surface area contributed by atoms with E-state index in [4.69, 9.17) is 16.8 Å². The summed E-state index contributed by atoms with van der Waals surface area (Å²) in [5, 5.41) is 23.7. The molecule has 1 atom stereocenters. The predicted octanol–water partition coefficient (Wildman–Crippen LogP) is 4.40. The number of carbonyl (C=O) groups excluding carboxylic acids is 1. The minimum absolute atomic E-state index is 0.0781. The van der Waals surface area contributed by atoms with Gasteiger partial charge in [0.15, 0.2) is 4.77 Å². The van der Waals surface area contributed by atoms with Crippen LogP contribution in [0.25, 0.3) is 6.08 Å². The van der Waals surface area contributed by atoms with Gasteiger partial charge in [0.05, 0.1) is 0 Å². The molecule has 3 heterocycles. The Morgan fingerprint density at radius 3 is 2.59 bits per heavy atom. The molecule has 5 N–H and O–H groups in total. The number of carboxylic acids is 1. The molecule has 0 aromatic carbocycles. The van der Waals surface area contributed by atoms with Crippen LogP contribution in [-0.4, -0.2) is 75.3 Å². The molecule has 49 heavy (non-hydrogen) atoms. The molecule has 262 valence electrons. The van der Waals surface area contributed by atoms with Crippen LogP contribution < -0.4 is 15.6 Å². The highest BCUT2D eigenvalue weighted by Crippen LogP contribution is 2.29. The minimum atomic E-state index is -2.31. The number of aromatic nitrogens is 3. The van der Waals surface area contributed by atoms with Crippen molar-refractivity contribution in [2.45, 2.75) is 43.8 Å². The number of pyridine rings is 1. The highest BCUT2D eigenvalue weighted by atomic mass is 33.1. The third kappa shape index (κ3) is 14.6. The average Bonchev–Trinajstić information content (AvgIpc) is 3.08. The van der Waals surface area contributed by atoms with Gasteiger partial charge in [-0.3, -0.25) is 28.1 Å². The van der Waals surface area contributed by atoms with E-state index in [1.165, 1.54) is 12.2 Å². The second-order valence-corrected chi connectivity index (χ2v) is 13.8. The van der Waals surface area contributed by atoms with Crippen molar-refractivity contribution >= 4 is 63.0 Å². The van der Waals surface area contributed by atoms with Crippen molar-refractivity contribution in [3.05, 3.63) is 105 Å². The Balaban J connectivity index is 1.41. The van der Waals surface area contributed by atoms with Gasteiger partial charge in [-0.2, -0.15) is 0 Å². The summed E-state index contributed by atoms with van der Waals surface area (Å²) in [4.78, 5) is 42.7. The minimum Gasteiger partial charge on any atom is -0.494 e. The number of carbonyl (C=O) groups is 2. The maximum atomic E-state index is 12.9. The number of unbranched alkanes of at least 4 members (excludes halogenated alkanes) is 1. The first-order valence-electron chi connectivity index (χ1n) is 15.2. The Labute approximate surface area is 299 Å². The fourth-order valence-electron chi connectivity index (χ4n) is 4.22. The van der Waals surface area contributed by atoms with Gasteiger partial charge < -0.3 is 20.4 Å². The van der Waals surface area contributed by atoms with Gasteiger partial charge in [0.2, 0.25) is 23.1 Å². The molecule has 0 fully saturated rings. The summed E-state index contributed by atoms with van der Waals surface area (Å²) >= 11 is 2.87. The van der Waals surface area contributed by atoms with Crippen molar-refractivity contribution in [3.63, 3.8) is 0 Å². The lowest BCUT2D eigenvalue weighted by molar-refractivity contribution is -0.137.